The summed E-state index contributed by atoms with van der Waals surface area (Å²) in [4.78, 5) is 9.28. The number of methoxy groups -OCH3 is 1. The van der Waals surface area contributed by atoms with E-state index in [0.717, 1.165) is 36.7 Å². The summed E-state index contributed by atoms with van der Waals surface area (Å²) in [6.45, 7) is 11.6. The molecular weight excluding hydrogens is 238 g/mol. The number of hydrogen-bond acceptors (Lipinski definition) is 4. The van der Waals surface area contributed by atoms with Gasteiger partial charge in [0.2, 0.25) is 0 Å². The number of rotatable bonds is 6. The largest absolute Gasteiger partial charge is 0.373 e. The van der Waals surface area contributed by atoms with Gasteiger partial charge in [0, 0.05) is 25.1 Å². The van der Waals surface area contributed by atoms with Crippen LogP contribution in [0.1, 0.15) is 65.1 Å². The first-order valence-electron chi connectivity index (χ1n) is 7.08. The van der Waals surface area contributed by atoms with Crippen molar-refractivity contribution in [2.45, 2.75) is 59.0 Å². The topological polar surface area (TPSA) is 47.0 Å². The van der Waals surface area contributed by atoms with E-state index < -0.39 is 0 Å². The highest BCUT2D eigenvalue weighted by Crippen LogP contribution is 2.26. The quantitative estimate of drug-likeness (QED) is 0.852. The molecule has 1 atom stereocenters. The van der Waals surface area contributed by atoms with Crippen LogP contribution in [0.25, 0.3) is 0 Å². The monoisotopic (exact) mass is 265 g/mol. The fraction of sp³-hybridized carbons (Fsp3) is 0.733. The second kappa shape index (κ2) is 6.85. The maximum absolute atomic E-state index is 5.52. The van der Waals surface area contributed by atoms with Crippen molar-refractivity contribution in [3.05, 3.63) is 17.6 Å². The highest BCUT2D eigenvalue weighted by molar-refractivity contribution is 5.38. The van der Waals surface area contributed by atoms with Crippen molar-refractivity contribution in [2.24, 2.45) is 0 Å². The van der Waals surface area contributed by atoms with Gasteiger partial charge in [-0.2, -0.15) is 0 Å². The predicted octanol–water partition coefficient (Wildman–Crippen LogP) is 3.69. The molecule has 0 aliphatic heterocycles. The summed E-state index contributed by atoms with van der Waals surface area (Å²) >= 11 is 0. The van der Waals surface area contributed by atoms with Crippen LogP contribution < -0.4 is 5.32 Å². The second-order valence-corrected chi connectivity index (χ2v) is 5.79. The molecule has 1 N–H and O–H groups in total. The van der Waals surface area contributed by atoms with E-state index in [9.17, 15) is 0 Å². The van der Waals surface area contributed by atoms with Gasteiger partial charge in [0.05, 0.1) is 5.69 Å². The number of aromatic nitrogens is 2. The Bertz CT molecular complexity index is 399. The maximum atomic E-state index is 5.52. The van der Waals surface area contributed by atoms with Gasteiger partial charge in [0.15, 0.2) is 5.82 Å². The lowest BCUT2D eigenvalue weighted by molar-refractivity contribution is 0.0873. The van der Waals surface area contributed by atoms with Gasteiger partial charge in [-0.3, -0.25) is 0 Å². The van der Waals surface area contributed by atoms with E-state index in [0.29, 0.717) is 0 Å². The van der Waals surface area contributed by atoms with Crippen LogP contribution in [-0.2, 0) is 10.2 Å². The van der Waals surface area contributed by atoms with Gasteiger partial charge in [0.1, 0.15) is 11.9 Å². The maximum Gasteiger partial charge on any atom is 0.159 e. The Balaban J connectivity index is 3.18. The first-order chi connectivity index (χ1) is 8.92. The Morgan fingerprint density at radius 3 is 2.42 bits per heavy atom. The number of nitrogens with zero attached hydrogens (tertiary/aromatic N) is 2. The SMILES string of the molecule is CCCC(OC)c1nc(NCC)cc(C(C)(C)C)n1. The first-order valence-corrected chi connectivity index (χ1v) is 7.08. The van der Waals surface area contributed by atoms with E-state index in [-0.39, 0.29) is 11.5 Å². The molecular formula is C15H27N3O. The van der Waals surface area contributed by atoms with Crippen LogP contribution in [0.3, 0.4) is 0 Å². The molecule has 19 heavy (non-hydrogen) atoms. The minimum Gasteiger partial charge on any atom is -0.373 e. The van der Waals surface area contributed by atoms with E-state index >= 15 is 0 Å². The van der Waals surface area contributed by atoms with E-state index in [4.69, 9.17) is 9.72 Å². The highest BCUT2D eigenvalue weighted by atomic mass is 16.5. The molecule has 0 spiro atoms. The molecule has 1 rings (SSSR count). The second-order valence-electron chi connectivity index (χ2n) is 5.79. The summed E-state index contributed by atoms with van der Waals surface area (Å²) < 4.78 is 5.52. The smallest absolute Gasteiger partial charge is 0.159 e. The van der Waals surface area contributed by atoms with E-state index in [1.54, 1.807) is 7.11 Å². The van der Waals surface area contributed by atoms with Crippen LogP contribution in [0, 0.1) is 0 Å². The summed E-state index contributed by atoms with van der Waals surface area (Å²) in [5.41, 5.74) is 1.05. The molecule has 1 aromatic heterocycles. The van der Waals surface area contributed by atoms with Crippen LogP contribution in [-0.4, -0.2) is 23.6 Å². The van der Waals surface area contributed by atoms with Crippen molar-refractivity contribution in [3.8, 4) is 0 Å². The third kappa shape index (κ3) is 4.46. The molecule has 0 aliphatic carbocycles. The lowest BCUT2D eigenvalue weighted by Crippen LogP contribution is -2.18. The van der Waals surface area contributed by atoms with Gasteiger partial charge in [-0.25, -0.2) is 9.97 Å². The standard InChI is InChI=1S/C15H27N3O/c1-7-9-11(19-6)14-17-12(15(3,4)5)10-13(18-14)16-8-2/h10-11H,7-9H2,1-6H3,(H,16,17,18). The average Bonchev–Trinajstić information content (AvgIpc) is 2.35. The van der Waals surface area contributed by atoms with E-state index in [1.165, 1.54) is 0 Å². The molecule has 0 radical (unpaired) electrons. The molecule has 108 valence electrons. The molecule has 4 nitrogen and oxygen atoms in total. The molecule has 0 saturated heterocycles. The molecule has 4 heteroatoms. The van der Waals surface area contributed by atoms with Crippen molar-refractivity contribution in [2.75, 3.05) is 19.0 Å². The Hall–Kier alpha value is -1.16. The van der Waals surface area contributed by atoms with Crippen molar-refractivity contribution in [1.82, 2.24) is 9.97 Å². The minimum absolute atomic E-state index is 0.00632. The zero-order chi connectivity index (χ0) is 14.5. The average molecular weight is 265 g/mol. The van der Waals surface area contributed by atoms with Gasteiger partial charge in [-0.1, -0.05) is 34.1 Å². The van der Waals surface area contributed by atoms with Gasteiger partial charge in [0.25, 0.3) is 0 Å². The number of hydrogen-bond donors (Lipinski definition) is 1. The molecule has 0 fully saturated rings. The highest BCUT2D eigenvalue weighted by Gasteiger charge is 2.21. The number of anilines is 1. The van der Waals surface area contributed by atoms with E-state index in [2.05, 4.69) is 44.9 Å². The first kappa shape index (κ1) is 15.9. The molecule has 0 saturated carbocycles. The zero-order valence-electron chi connectivity index (χ0n) is 13.1. The van der Waals surface area contributed by atoms with Crippen molar-refractivity contribution >= 4 is 5.82 Å². The van der Waals surface area contributed by atoms with Crippen molar-refractivity contribution < 1.29 is 4.74 Å². The molecule has 1 aromatic rings. The summed E-state index contributed by atoms with van der Waals surface area (Å²) in [6.07, 6.45) is 1.97. The van der Waals surface area contributed by atoms with Gasteiger partial charge >= 0.3 is 0 Å². The Morgan fingerprint density at radius 2 is 1.95 bits per heavy atom. The van der Waals surface area contributed by atoms with Gasteiger partial charge < -0.3 is 10.1 Å². The van der Waals surface area contributed by atoms with Crippen LogP contribution in [0.4, 0.5) is 5.82 Å². The van der Waals surface area contributed by atoms with Crippen molar-refractivity contribution in [3.63, 3.8) is 0 Å². The van der Waals surface area contributed by atoms with Crippen molar-refractivity contribution in [1.29, 1.82) is 0 Å². The third-order valence-corrected chi connectivity index (χ3v) is 2.99. The third-order valence-electron chi connectivity index (χ3n) is 2.99. The lowest BCUT2D eigenvalue weighted by Gasteiger charge is -2.22. The number of nitrogens with one attached hydrogen (secondary N) is 1. The minimum atomic E-state index is -0.0234. The molecule has 0 aliphatic rings. The summed E-state index contributed by atoms with van der Waals surface area (Å²) in [7, 11) is 1.72. The summed E-state index contributed by atoms with van der Waals surface area (Å²) in [6, 6.07) is 2.03. The summed E-state index contributed by atoms with van der Waals surface area (Å²) in [5.74, 6) is 1.67. The summed E-state index contributed by atoms with van der Waals surface area (Å²) in [5, 5.41) is 3.27. The molecule has 1 unspecified atom stereocenters. The van der Waals surface area contributed by atoms with Crippen LogP contribution >= 0.6 is 0 Å². The lowest BCUT2D eigenvalue weighted by atomic mass is 9.91. The van der Waals surface area contributed by atoms with Crippen LogP contribution in [0.15, 0.2) is 6.07 Å². The fourth-order valence-electron chi connectivity index (χ4n) is 1.88. The van der Waals surface area contributed by atoms with Gasteiger partial charge in [-0.05, 0) is 13.3 Å². The predicted molar refractivity (Wildman–Crippen MR) is 79.6 cm³/mol. The molecule has 0 aromatic carbocycles. The molecule has 1 heterocycles. The van der Waals surface area contributed by atoms with Crippen LogP contribution in [0.5, 0.6) is 0 Å². The van der Waals surface area contributed by atoms with Gasteiger partial charge in [-0.15, -0.1) is 0 Å². The fourth-order valence-corrected chi connectivity index (χ4v) is 1.88. The zero-order valence-corrected chi connectivity index (χ0v) is 13.1. The Morgan fingerprint density at radius 1 is 1.26 bits per heavy atom. The molecule has 0 amide bonds. The van der Waals surface area contributed by atoms with Crippen LogP contribution in [0.2, 0.25) is 0 Å². The molecule has 0 bridgehead atoms. The number of ether oxygens (including phenoxy) is 1. The Kier molecular flexibility index (Phi) is 5.73. The Labute approximate surface area is 117 Å². The van der Waals surface area contributed by atoms with E-state index in [1.807, 2.05) is 6.07 Å². The normalized spacial score (nSPS) is 13.4.